The summed E-state index contributed by atoms with van der Waals surface area (Å²) in [6, 6.07) is 22.1. The maximum atomic E-state index is 12.5. The van der Waals surface area contributed by atoms with E-state index >= 15 is 0 Å². The van der Waals surface area contributed by atoms with Crippen LogP contribution in [0.2, 0.25) is 5.02 Å². The number of amides is 1. The zero-order valence-electron chi connectivity index (χ0n) is 16.6. The Labute approximate surface area is 181 Å². The molecule has 1 atom stereocenters. The van der Waals surface area contributed by atoms with Crippen molar-refractivity contribution in [3.63, 3.8) is 0 Å². The molecule has 3 aromatic rings. The van der Waals surface area contributed by atoms with E-state index in [4.69, 9.17) is 11.6 Å². The minimum absolute atomic E-state index is 0.0165. The number of hydrogen-bond acceptors (Lipinski definition) is 4. The fraction of sp³-hybridized carbons (Fsp3) is 0.208. The number of halogens is 1. The quantitative estimate of drug-likeness (QED) is 0.486. The number of rotatable bonds is 10. The van der Waals surface area contributed by atoms with Crippen LogP contribution in [-0.2, 0) is 6.42 Å². The van der Waals surface area contributed by atoms with Gasteiger partial charge < -0.3 is 10.6 Å². The highest BCUT2D eigenvalue weighted by molar-refractivity contribution is 6.30. The third-order valence-electron chi connectivity index (χ3n) is 4.72. The number of carbonyl (C=O) groups is 2. The van der Waals surface area contributed by atoms with Crippen molar-refractivity contribution < 1.29 is 9.59 Å². The van der Waals surface area contributed by atoms with Crippen LogP contribution in [0.5, 0.6) is 0 Å². The molecule has 0 saturated heterocycles. The van der Waals surface area contributed by atoms with Crippen molar-refractivity contribution in [3.8, 4) is 0 Å². The van der Waals surface area contributed by atoms with Gasteiger partial charge in [0.15, 0.2) is 5.78 Å². The van der Waals surface area contributed by atoms with Gasteiger partial charge in [-0.2, -0.15) is 0 Å². The molecule has 0 fully saturated rings. The molecule has 0 unspecified atom stereocenters. The van der Waals surface area contributed by atoms with Crippen molar-refractivity contribution in [1.29, 1.82) is 0 Å². The van der Waals surface area contributed by atoms with Crippen LogP contribution in [0.4, 0.5) is 0 Å². The Balaban J connectivity index is 1.57. The summed E-state index contributed by atoms with van der Waals surface area (Å²) in [5.74, 6) is -0.171. The van der Waals surface area contributed by atoms with E-state index in [0.717, 1.165) is 12.0 Å². The SMILES string of the molecule is O=C(CN[C@H](CCNC(=O)c1ccccn1)Cc1ccc(Cl)cc1)c1ccccc1. The van der Waals surface area contributed by atoms with Crippen LogP contribution in [0.3, 0.4) is 0 Å². The van der Waals surface area contributed by atoms with E-state index in [0.29, 0.717) is 29.2 Å². The van der Waals surface area contributed by atoms with Gasteiger partial charge in [0.05, 0.1) is 6.54 Å². The first-order chi connectivity index (χ1) is 14.6. The molecule has 1 amide bonds. The molecule has 0 saturated carbocycles. The first-order valence-corrected chi connectivity index (χ1v) is 10.2. The molecule has 0 aliphatic rings. The summed E-state index contributed by atoms with van der Waals surface area (Å²) in [4.78, 5) is 28.7. The molecule has 0 aliphatic carbocycles. The molecule has 2 N–H and O–H groups in total. The standard InChI is InChI=1S/C24H24ClN3O2/c25-20-11-9-18(10-12-20)16-21(28-17-23(29)19-6-2-1-3-7-19)13-15-27-24(30)22-8-4-5-14-26-22/h1-12,14,21,28H,13,15-17H2,(H,27,30)/t21-/m1/s1. The number of Topliss-reactive ketones (excluding diaryl/α,β-unsaturated/α-hetero) is 1. The van der Waals surface area contributed by atoms with E-state index in [1.807, 2.05) is 54.6 Å². The van der Waals surface area contributed by atoms with Gasteiger partial charge in [0.2, 0.25) is 0 Å². The smallest absolute Gasteiger partial charge is 0.269 e. The summed E-state index contributed by atoms with van der Waals surface area (Å²) in [5, 5.41) is 6.93. The summed E-state index contributed by atoms with van der Waals surface area (Å²) in [6.07, 6.45) is 2.98. The Morgan fingerprint density at radius 2 is 1.67 bits per heavy atom. The van der Waals surface area contributed by atoms with Gasteiger partial charge in [0, 0.05) is 29.4 Å². The second-order valence-corrected chi connectivity index (χ2v) is 7.39. The Morgan fingerprint density at radius 3 is 2.37 bits per heavy atom. The van der Waals surface area contributed by atoms with Crippen molar-refractivity contribution in [3.05, 3.63) is 101 Å². The Bertz CT molecular complexity index is 947. The molecule has 30 heavy (non-hydrogen) atoms. The highest BCUT2D eigenvalue weighted by Gasteiger charge is 2.14. The normalized spacial score (nSPS) is 11.6. The Hall–Kier alpha value is -3.02. The van der Waals surface area contributed by atoms with Crippen molar-refractivity contribution in [2.24, 2.45) is 0 Å². The van der Waals surface area contributed by atoms with Gasteiger partial charge in [-0.25, -0.2) is 0 Å². The summed E-state index contributed by atoms with van der Waals surface area (Å²) < 4.78 is 0. The van der Waals surface area contributed by atoms with Gasteiger partial charge in [-0.05, 0) is 42.7 Å². The molecule has 0 bridgehead atoms. The third-order valence-corrected chi connectivity index (χ3v) is 4.97. The monoisotopic (exact) mass is 421 g/mol. The predicted octanol–water partition coefficient (Wildman–Crippen LogP) is 3.94. The topological polar surface area (TPSA) is 71.1 Å². The van der Waals surface area contributed by atoms with Crippen molar-refractivity contribution >= 4 is 23.3 Å². The molecule has 154 valence electrons. The zero-order valence-corrected chi connectivity index (χ0v) is 17.3. The molecule has 5 nitrogen and oxygen atoms in total. The second-order valence-electron chi connectivity index (χ2n) is 6.96. The zero-order chi connectivity index (χ0) is 21.2. The maximum Gasteiger partial charge on any atom is 0.269 e. The lowest BCUT2D eigenvalue weighted by molar-refractivity contribution is 0.0942. The van der Waals surface area contributed by atoms with Gasteiger partial charge >= 0.3 is 0 Å². The van der Waals surface area contributed by atoms with Gasteiger partial charge in [-0.15, -0.1) is 0 Å². The van der Waals surface area contributed by atoms with Crippen molar-refractivity contribution in [2.45, 2.75) is 18.9 Å². The van der Waals surface area contributed by atoms with E-state index in [1.165, 1.54) is 0 Å². The fourth-order valence-corrected chi connectivity index (χ4v) is 3.22. The van der Waals surface area contributed by atoms with E-state index in [2.05, 4.69) is 15.6 Å². The molecule has 2 aromatic carbocycles. The predicted molar refractivity (Wildman–Crippen MR) is 119 cm³/mol. The number of aromatic nitrogens is 1. The summed E-state index contributed by atoms with van der Waals surface area (Å²) in [6.45, 7) is 0.705. The average Bonchev–Trinajstić information content (AvgIpc) is 2.79. The summed E-state index contributed by atoms with van der Waals surface area (Å²) in [5.41, 5.74) is 2.18. The second kappa shape index (κ2) is 11.2. The van der Waals surface area contributed by atoms with Gasteiger partial charge in [-0.1, -0.05) is 60.1 Å². The molecule has 0 aliphatic heterocycles. The molecule has 6 heteroatoms. The molecule has 0 radical (unpaired) electrons. The summed E-state index contributed by atoms with van der Waals surface area (Å²) in [7, 11) is 0. The van der Waals surface area contributed by atoms with E-state index in [1.54, 1.807) is 24.4 Å². The maximum absolute atomic E-state index is 12.5. The molecule has 1 aromatic heterocycles. The number of pyridine rings is 1. The lowest BCUT2D eigenvalue weighted by Gasteiger charge is -2.19. The minimum Gasteiger partial charge on any atom is -0.351 e. The molecule has 1 heterocycles. The summed E-state index contributed by atoms with van der Waals surface area (Å²) >= 11 is 5.98. The number of benzene rings is 2. The first kappa shape index (κ1) is 21.7. The number of nitrogens with one attached hydrogen (secondary N) is 2. The number of carbonyl (C=O) groups excluding carboxylic acids is 2. The first-order valence-electron chi connectivity index (χ1n) is 9.87. The fourth-order valence-electron chi connectivity index (χ4n) is 3.09. The van der Waals surface area contributed by atoms with Crippen molar-refractivity contribution in [1.82, 2.24) is 15.6 Å². The molecule has 3 rings (SSSR count). The van der Waals surface area contributed by atoms with Crippen LogP contribution in [-0.4, -0.2) is 35.8 Å². The lowest BCUT2D eigenvalue weighted by Crippen LogP contribution is -2.38. The minimum atomic E-state index is -0.207. The van der Waals surface area contributed by atoms with E-state index in [-0.39, 0.29) is 24.3 Å². The van der Waals surface area contributed by atoms with Gasteiger partial charge in [0.1, 0.15) is 5.69 Å². The van der Waals surface area contributed by atoms with Crippen LogP contribution in [0.25, 0.3) is 0 Å². The Kier molecular flexibility index (Phi) is 8.12. The lowest BCUT2D eigenvalue weighted by atomic mass is 10.0. The third kappa shape index (κ3) is 6.79. The van der Waals surface area contributed by atoms with Crippen LogP contribution < -0.4 is 10.6 Å². The Morgan fingerprint density at radius 1 is 0.933 bits per heavy atom. The van der Waals surface area contributed by atoms with E-state index < -0.39 is 0 Å². The molecular formula is C24H24ClN3O2. The number of hydrogen-bond donors (Lipinski definition) is 2. The van der Waals surface area contributed by atoms with Crippen molar-refractivity contribution in [2.75, 3.05) is 13.1 Å². The van der Waals surface area contributed by atoms with Crippen LogP contribution in [0, 0.1) is 0 Å². The van der Waals surface area contributed by atoms with Crippen LogP contribution in [0.1, 0.15) is 32.8 Å². The largest absolute Gasteiger partial charge is 0.351 e. The highest BCUT2D eigenvalue weighted by Crippen LogP contribution is 2.12. The molecule has 0 spiro atoms. The van der Waals surface area contributed by atoms with Crippen LogP contribution in [0.15, 0.2) is 79.0 Å². The highest BCUT2D eigenvalue weighted by atomic mass is 35.5. The molecular weight excluding hydrogens is 398 g/mol. The number of nitrogens with zero attached hydrogens (tertiary/aromatic N) is 1. The van der Waals surface area contributed by atoms with Gasteiger partial charge in [0.25, 0.3) is 5.91 Å². The average molecular weight is 422 g/mol. The van der Waals surface area contributed by atoms with E-state index in [9.17, 15) is 9.59 Å². The number of ketones is 1. The van der Waals surface area contributed by atoms with Gasteiger partial charge in [-0.3, -0.25) is 14.6 Å². The van der Waals surface area contributed by atoms with Crippen LogP contribution >= 0.6 is 11.6 Å².